The second-order valence-corrected chi connectivity index (χ2v) is 5.03. The van der Waals surface area contributed by atoms with Crippen LogP contribution >= 0.6 is 11.6 Å². The largest absolute Gasteiger partial charge is 0.384 e. The summed E-state index contributed by atoms with van der Waals surface area (Å²) in [7, 11) is -3.86. The maximum Gasteiger partial charge on any atom is 0.264 e. The monoisotopic (exact) mass is 249 g/mol. The molecule has 15 heavy (non-hydrogen) atoms. The number of benzene rings is 1. The summed E-state index contributed by atoms with van der Waals surface area (Å²) in [6.45, 7) is 0.448. The van der Waals surface area contributed by atoms with E-state index < -0.39 is 10.1 Å². The van der Waals surface area contributed by atoms with Crippen molar-refractivity contribution in [2.45, 2.75) is 6.42 Å². The molecule has 0 spiro atoms. The Morgan fingerprint density at radius 1 is 1.33 bits per heavy atom. The molecule has 1 rings (SSSR count). The first-order chi connectivity index (χ1) is 6.99. The van der Waals surface area contributed by atoms with Gasteiger partial charge in [0.25, 0.3) is 10.1 Å². The van der Waals surface area contributed by atoms with Crippen LogP contribution in [-0.2, 0) is 10.1 Å². The molecule has 0 saturated carbocycles. The van der Waals surface area contributed by atoms with Gasteiger partial charge in [-0.25, -0.2) is 0 Å². The van der Waals surface area contributed by atoms with E-state index in [4.69, 9.17) is 16.2 Å². The van der Waals surface area contributed by atoms with Gasteiger partial charge < -0.3 is 5.32 Å². The third-order valence-corrected chi connectivity index (χ3v) is 2.90. The van der Waals surface area contributed by atoms with Gasteiger partial charge in [-0.1, -0.05) is 23.7 Å². The molecule has 0 aromatic heterocycles. The van der Waals surface area contributed by atoms with Crippen LogP contribution in [-0.4, -0.2) is 25.3 Å². The van der Waals surface area contributed by atoms with Crippen molar-refractivity contribution in [2.24, 2.45) is 0 Å². The quantitative estimate of drug-likeness (QED) is 0.619. The van der Waals surface area contributed by atoms with E-state index in [1.807, 2.05) is 12.1 Å². The average molecular weight is 250 g/mol. The Morgan fingerprint density at radius 2 is 2.00 bits per heavy atom. The van der Waals surface area contributed by atoms with Gasteiger partial charge in [0.2, 0.25) is 0 Å². The smallest absolute Gasteiger partial charge is 0.264 e. The van der Waals surface area contributed by atoms with E-state index in [9.17, 15) is 8.42 Å². The zero-order valence-electron chi connectivity index (χ0n) is 7.98. The van der Waals surface area contributed by atoms with E-state index in [0.29, 0.717) is 18.0 Å². The fourth-order valence-electron chi connectivity index (χ4n) is 1.08. The molecule has 84 valence electrons. The summed E-state index contributed by atoms with van der Waals surface area (Å²) < 4.78 is 29.3. The highest BCUT2D eigenvalue weighted by atomic mass is 35.5. The van der Waals surface area contributed by atoms with E-state index >= 15 is 0 Å². The second kappa shape index (κ2) is 5.34. The molecule has 0 unspecified atom stereocenters. The van der Waals surface area contributed by atoms with Gasteiger partial charge in [0.05, 0.1) is 16.5 Å². The summed E-state index contributed by atoms with van der Waals surface area (Å²) in [5.74, 6) is -0.246. The number of para-hydroxylation sites is 1. The lowest BCUT2D eigenvalue weighted by atomic mass is 10.3. The maximum atomic E-state index is 10.4. The van der Waals surface area contributed by atoms with Crippen LogP contribution in [0.5, 0.6) is 0 Å². The van der Waals surface area contributed by atoms with Crippen molar-refractivity contribution in [1.29, 1.82) is 0 Å². The summed E-state index contributed by atoms with van der Waals surface area (Å²) in [4.78, 5) is 0. The molecule has 2 N–H and O–H groups in total. The molecule has 0 radical (unpaired) electrons. The van der Waals surface area contributed by atoms with Crippen LogP contribution in [0, 0.1) is 0 Å². The van der Waals surface area contributed by atoms with Crippen molar-refractivity contribution in [3.05, 3.63) is 29.3 Å². The lowest BCUT2D eigenvalue weighted by Crippen LogP contribution is -2.10. The van der Waals surface area contributed by atoms with Crippen LogP contribution in [0.4, 0.5) is 5.69 Å². The average Bonchev–Trinajstić information content (AvgIpc) is 2.13. The molecule has 0 amide bonds. The molecule has 0 bridgehead atoms. The van der Waals surface area contributed by atoms with Crippen molar-refractivity contribution in [1.82, 2.24) is 0 Å². The van der Waals surface area contributed by atoms with Crippen molar-refractivity contribution < 1.29 is 13.0 Å². The van der Waals surface area contributed by atoms with Gasteiger partial charge in [-0.15, -0.1) is 0 Å². The molecule has 0 aliphatic carbocycles. The molecule has 1 aromatic carbocycles. The van der Waals surface area contributed by atoms with Gasteiger partial charge in [0.1, 0.15) is 0 Å². The van der Waals surface area contributed by atoms with Crippen LogP contribution in [0.1, 0.15) is 6.42 Å². The van der Waals surface area contributed by atoms with Crippen LogP contribution in [0.25, 0.3) is 0 Å². The Kier molecular flexibility index (Phi) is 4.38. The van der Waals surface area contributed by atoms with E-state index in [1.165, 1.54) is 0 Å². The van der Waals surface area contributed by atoms with Crippen molar-refractivity contribution >= 4 is 27.4 Å². The molecule has 0 aliphatic heterocycles. The molecule has 0 atom stereocenters. The minimum atomic E-state index is -3.86. The Balaban J connectivity index is 2.36. The zero-order chi connectivity index (χ0) is 11.3. The Morgan fingerprint density at radius 3 is 2.60 bits per heavy atom. The SMILES string of the molecule is O=S(=O)(O)CCCNc1ccccc1Cl. The summed E-state index contributed by atoms with van der Waals surface area (Å²) in [6.07, 6.45) is 0.337. The predicted molar refractivity (Wildman–Crippen MR) is 61.0 cm³/mol. The fraction of sp³-hybridized carbons (Fsp3) is 0.333. The standard InChI is InChI=1S/C9H12ClNO3S/c10-8-4-1-2-5-9(8)11-6-3-7-15(12,13)14/h1-2,4-5,11H,3,6-7H2,(H,12,13,14). The summed E-state index contributed by atoms with van der Waals surface area (Å²) in [5.41, 5.74) is 0.759. The number of nitrogens with one attached hydrogen (secondary N) is 1. The van der Waals surface area contributed by atoms with E-state index in [-0.39, 0.29) is 5.75 Å². The Labute approximate surface area is 94.0 Å². The Bertz CT molecular complexity index is 419. The minimum absolute atomic E-state index is 0.246. The summed E-state index contributed by atoms with van der Waals surface area (Å²) in [6, 6.07) is 7.19. The highest BCUT2D eigenvalue weighted by Gasteiger charge is 2.03. The second-order valence-electron chi connectivity index (χ2n) is 3.05. The number of hydrogen-bond acceptors (Lipinski definition) is 3. The summed E-state index contributed by atoms with van der Waals surface area (Å²) in [5, 5.41) is 3.57. The molecular weight excluding hydrogens is 238 g/mol. The highest BCUT2D eigenvalue weighted by molar-refractivity contribution is 7.85. The molecule has 4 nitrogen and oxygen atoms in total. The third kappa shape index (κ3) is 5.01. The molecule has 0 heterocycles. The lowest BCUT2D eigenvalue weighted by molar-refractivity contribution is 0.481. The first-order valence-electron chi connectivity index (χ1n) is 4.42. The topological polar surface area (TPSA) is 66.4 Å². The van der Waals surface area contributed by atoms with Crippen LogP contribution in [0.15, 0.2) is 24.3 Å². The lowest BCUT2D eigenvalue weighted by Gasteiger charge is -2.06. The number of anilines is 1. The fourth-order valence-corrected chi connectivity index (χ4v) is 1.79. The molecule has 0 fully saturated rings. The van der Waals surface area contributed by atoms with Crippen molar-refractivity contribution in [3.63, 3.8) is 0 Å². The van der Waals surface area contributed by atoms with E-state index in [2.05, 4.69) is 5.32 Å². The number of hydrogen-bond donors (Lipinski definition) is 2. The molecule has 0 aliphatic rings. The van der Waals surface area contributed by atoms with Gasteiger partial charge in [-0.3, -0.25) is 4.55 Å². The maximum absolute atomic E-state index is 10.4. The van der Waals surface area contributed by atoms with E-state index in [1.54, 1.807) is 12.1 Å². The van der Waals surface area contributed by atoms with Gasteiger partial charge in [-0.05, 0) is 18.6 Å². The van der Waals surface area contributed by atoms with Gasteiger partial charge in [0, 0.05) is 6.54 Å². The number of halogens is 1. The van der Waals surface area contributed by atoms with Crippen LogP contribution in [0.2, 0.25) is 5.02 Å². The van der Waals surface area contributed by atoms with Crippen molar-refractivity contribution in [2.75, 3.05) is 17.6 Å². The van der Waals surface area contributed by atoms with E-state index in [0.717, 1.165) is 5.69 Å². The summed E-state index contributed by atoms with van der Waals surface area (Å²) >= 11 is 5.86. The number of rotatable bonds is 5. The molecule has 0 saturated heterocycles. The van der Waals surface area contributed by atoms with Gasteiger partial charge in [0.15, 0.2) is 0 Å². The van der Waals surface area contributed by atoms with Crippen molar-refractivity contribution in [3.8, 4) is 0 Å². The molecule has 6 heteroatoms. The minimum Gasteiger partial charge on any atom is -0.384 e. The zero-order valence-corrected chi connectivity index (χ0v) is 9.55. The third-order valence-electron chi connectivity index (χ3n) is 1.77. The highest BCUT2D eigenvalue weighted by Crippen LogP contribution is 2.19. The van der Waals surface area contributed by atoms with Crippen LogP contribution < -0.4 is 5.32 Å². The normalized spacial score (nSPS) is 11.3. The van der Waals surface area contributed by atoms with Gasteiger partial charge >= 0.3 is 0 Å². The first kappa shape index (κ1) is 12.3. The Hall–Kier alpha value is -0.780. The molecular formula is C9H12ClNO3S. The molecule has 1 aromatic rings. The first-order valence-corrected chi connectivity index (χ1v) is 6.41. The van der Waals surface area contributed by atoms with Gasteiger partial charge in [-0.2, -0.15) is 8.42 Å². The van der Waals surface area contributed by atoms with Crippen LogP contribution in [0.3, 0.4) is 0 Å². The predicted octanol–water partition coefficient (Wildman–Crippen LogP) is 2.03.